The van der Waals surface area contributed by atoms with Crippen molar-refractivity contribution in [3.63, 3.8) is 0 Å². The molecule has 0 radical (unpaired) electrons. The Balaban J connectivity index is 4.29. The SMILES string of the molecule is CCCC(CBr)NP(=O)(OCC)OCC. The molecule has 0 rings (SSSR count). The van der Waals surface area contributed by atoms with Crippen LogP contribution >= 0.6 is 23.7 Å². The summed E-state index contributed by atoms with van der Waals surface area (Å²) in [6, 6.07) is 0.124. The van der Waals surface area contributed by atoms with Gasteiger partial charge in [0.1, 0.15) is 0 Å². The minimum absolute atomic E-state index is 0.124. The van der Waals surface area contributed by atoms with Crippen molar-refractivity contribution >= 4 is 23.7 Å². The van der Waals surface area contributed by atoms with Gasteiger partial charge in [-0.05, 0) is 20.3 Å². The lowest BCUT2D eigenvalue weighted by molar-refractivity contribution is 0.207. The second kappa shape index (κ2) is 8.71. The standard InChI is InChI=1S/C9H21BrNO3P/c1-4-7-9(8-10)11-15(12,13-5-2)14-6-3/h9H,4-8H2,1-3H3,(H,11,12). The molecule has 0 bridgehead atoms. The summed E-state index contributed by atoms with van der Waals surface area (Å²) in [5.41, 5.74) is 0. The summed E-state index contributed by atoms with van der Waals surface area (Å²) in [6.07, 6.45) is 1.97. The van der Waals surface area contributed by atoms with Crippen LogP contribution in [-0.4, -0.2) is 24.6 Å². The van der Waals surface area contributed by atoms with Crippen molar-refractivity contribution in [2.24, 2.45) is 0 Å². The fourth-order valence-electron chi connectivity index (χ4n) is 1.20. The van der Waals surface area contributed by atoms with Gasteiger partial charge in [0.05, 0.1) is 13.2 Å². The van der Waals surface area contributed by atoms with Gasteiger partial charge >= 0.3 is 7.75 Å². The number of hydrogen-bond acceptors (Lipinski definition) is 3. The van der Waals surface area contributed by atoms with E-state index in [4.69, 9.17) is 9.05 Å². The predicted molar refractivity (Wildman–Crippen MR) is 66.5 cm³/mol. The highest BCUT2D eigenvalue weighted by Gasteiger charge is 2.26. The molecule has 0 aliphatic heterocycles. The van der Waals surface area contributed by atoms with E-state index in [1.807, 2.05) is 0 Å². The zero-order valence-electron chi connectivity index (χ0n) is 9.66. The van der Waals surface area contributed by atoms with Crippen LogP contribution in [0.15, 0.2) is 0 Å². The van der Waals surface area contributed by atoms with Gasteiger partial charge in [-0.25, -0.2) is 9.65 Å². The maximum absolute atomic E-state index is 12.1. The Kier molecular flexibility index (Phi) is 9.05. The van der Waals surface area contributed by atoms with Crippen molar-refractivity contribution in [2.75, 3.05) is 18.5 Å². The minimum atomic E-state index is -3.10. The predicted octanol–water partition coefficient (Wildman–Crippen LogP) is 3.32. The lowest BCUT2D eigenvalue weighted by atomic mass is 10.2. The van der Waals surface area contributed by atoms with Crippen LogP contribution in [0.25, 0.3) is 0 Å². The van der Waals surface area contributed by atoms with E-state index in [0.717, 1.165) is 18.2 Å². The number of nitrogens with one attached hydrogen (secondary N) is 1. The fraction of sp³-hybridized carbons (Fsp3) is 1.00. The summed E-state index contributed by atoms with van der Waals surface area (Å²) < 4.78 is 22.4. The molecule has 0 saturated carbocycles. The van der Waals surface area contributed by atoms with Gasteiger partial charge in [-0.2, -0.15) is 0 Å². The van der Waals surface area contributed by atoms with E-state index in [9.17, 15) is 4.57 Å². The van der Waals surface area contributed by atoms with Crippen LogP contribution < -0.4 is 5.09 Å². The zero-order valence-corrected chi connectivity index (χ0v) is 12.1. The van der Waals surface area contributed by atoms with Crippen molar-refractivity contribution in [1.29, 1.82) is 0 Å². The van der Waals surface area contributed by atoms with Crippen LogP contribution in [0, 0.1) is 0 Å². The summed E-state index contributed by atoms with van der Waals surface area (Å²) in [5.74, 6) is 0. The molecule has 0 aromatic heterocycles. The van der Waals surface area contributed by atoms with E-state index < -0.39 is 7.75 Å². The van der Waals surface area contributed by atoms with E-state index >= 15 is 0 Å². The first-order valence-electron chi connectivity index (χ1n) is 5.34. The largest absolute Gasteiger partial charge is 0.405 e. The minimum Gasteiger partial charge on any atom is -0.297 e. The Morgan fingerprint density at radius 1 is 1.27 bits per heavy atom. The van der Waals surface area contributed by atoms with E-state index in [-0.39, 0.29) is 6.04 Å². The van der Waals surface area contributed by atoms with Gasteiger partial charge in [0, 0.05) is 11.4 Å². The highest BCUT2D eigenvalue weighted by atomic mass is 79.9. The van der Waals surface area contributed by atoms with Crippen molar-refractivity contribution in [2.45, 2.75) is 39.7 Å². The van der Waals surface area contributed by atoms with Crippen molar-refractivity contribution in [3.05, 3.63) is 0 Å². The molecule has 15 heavy (non-hydrogen) atoms. The lowest BCUT2D eigenvalue weighted by Gasteiger charge is -2.23. The summed E-state index contributed by atoms with van der Waals surface area (Å²) >= 11 is 3.38. The smallest absolute Gasteiger partial charge is 0.297 e. The maximum Gasteiger partial charge on any atom is 0.405 e. The Bertz CT molecular complexity index is 194. The van der Waals surface area contributed by atoms with Gasteiger partial charge in [0.15, 0.2) is 0 Å². The molecule has 0 aliphatic carbocycles. The second-order valence-corrected chi connectivity index (χ2v) is 5.52. The van der Waals surface area contributed by atoms with E-state index in [2.05, 4.69) is 27.9 Å². The van der Waals surface area contributed by atoms with Crippen LogP contribution in [0.5, 0.6) is 0 Å². The van der Waals surface area contributed by atoms with Crippen LogP contribution in [0.4, 0.5) is 0 Å². The average molecular weight is 302 g/mol. The number of hydrogen-bond donors (Lipinski definition) is 1. The molecule has 0 aromatic carbocycles. The topological polar surface area (TPSA) is 47.6 Å². The van der Waals surface area contributed by atoms with E-state index in [1.54, 1.807) is 13.8 Å². The molecule has 0 aromatic rings. The molecule has 0 aliphatic rings. The Hall–Kier alpha value is 0.590. The Labute approximate surface area is 101 Å². The number of alkyl halides is 1. The molecule has 0 amide bonds. The molecular formula is C9H21BrNO3P. The third-order valence-electron chi connectivity index (χ3n) is 1.76. The van der Waals surface area contributed by atoms with Crippen molar-refractivity contribution < 1.29 is 13.6 Å². The third kappa shape index (κ3) is 6.69. The maximum atomic E-state index is 12.1. The quantitative estimate of drug-likeness (QED) is 0.524. The number of rotatable bonds is 9. The molecule has 0 heterocycles. The normalized spacial score (nSPS) is 14.1. The summed E-state index contributed by atoms with van der Waals surface area (Å²) in [5, 5.41) is 3.69. The average Bonchev–Trinajstić information content (AvgIpc) is 2.17. The molecule has 1 atom stereocenters. The molecule has 0 fully saturated rings. The van der Waals surface area contributed by atoms with Crippen LogP contribution in [-0.2, 0) is 13.6 Å². The van der Waals surface area contributed by atoms with Crippen LogP contribution in [0.1, 0.15) is 33.6 Å². The molecule has 6 heteroatoms. The second-order valence-electron chi connectivity index (χ2n) is 3.10. The first kappa shape index (κ1) is 15.6. The molecule has 1 N–H and O–H groups in total. The highest BCUT2D eigenvalue weighted by molar-refractivity contribution is 9.09. The van der Waals surface area contributed by atoms with E-state index in [1.165, 1.54) is 0 Å². The molecule has 92 valence electrons. The van der Waals surface area contributed by atoms with Crippen molar-refractivity contribution in [3.8, 4) is 0 Å². The summed E-state index contributed by atoms with van der Waals surface area (Å²) in [6.45, 7) is 6.45. The first-order valence-corrected chi connectivity index (χ1v) is 8.01. The first-order chi connectivity index (χ1) is 7.11. The monoisotopic (exact) mass is 301 g/mol. The number of halogens is 1. The summed E-state index contributed by atoms with van der Waals surface area (Å²) in [4.78, 5) is 0. The fourth-order valence-corrected chi connectivity index (χ4v) is 3.51. The van der Waals surface area contributed by atoms with Gasteiger partial charge in [0.2, 0.25) is 0 Å². The molecule has 1 unspecified atom stereocenters. The molecular weight excluding hydrogens is 281 g/mol. The van der Waals surface area contributed by atoms with Gasteiger partial charge < -0.3 is 0 Å². The third-order valence-corrected chi connectivity index (χ3v) is 4.42. The van der Waals surface area contributed by atoms with Gasteiger partial charge in [0.25, 0.3) is 0 Å². The summed E-state index contributed by atoms with van der Waals surface area (Å²) in [7, 11) is -3.10. The van der Waals surface area contributed by atoms with E-state index in [0.29, 0.717) is 13.2 Å². The lowest BCUT2D eigenvalue weighted by Crippen LogP contribution is -2.29. The molecule has 0 spiro atoms. The molecule has 4 nitrogen and oxygen atoms in total. The van der Waals surface area contributed by atoms with Gasteiger partial charge in [-0.15, -0.1) is 0 Å². The zero-order chi connectivity index (χ0) is 11.7. The van der Waals surface area contributed by atoms with Gasteiger partial charge in [-0.3, -0.25) is 9.05 Å². The highest BCUT2D eigenvalue weighted by Crippen LogP contribution is 2.44. The van der Waals surface area contributed by atoms with Crippen LogP contribution in [0.2, 0.25) is 0 Å². The van der Waals surface area contributed by atoms with Crippen molar-refractivity contribution in [1.82, 2.24) is 5.09 Å². The Morgan fingerprint density at radius 2 is 1.80 bits per heavy atom. The van der Waals surface area contributed by atoms with Gasteiger partial charge in [-0.1, -0.05) is 29.3 Å². The van der Waals surface area contributed by atoms with Crippen LogP contribution in [0.3, 0.4) is 0 Å². The molecule has 0 saturated heterocycles. The Morgan fingerprint density at radius 3 is 2.13 bits per heavy atom.